The minimum atomic E-state index is -3.00. The summed E-state index contributed by atoms with van der Waals surface area (Å²) in [4.78, 5) is 16.5. The van der Waals surface area contributed by atoms with Gasteiger partial charge in [0, 0.05) is 25.6 Å². The topological polar surface area (TPSA) is 120 Å². The standard InChI is InChI=1S/C18H36N4O4S/c1-4-9-18(24,10-5-2)14-21-17(19-6-3)20-11-7-16(23)22-15-8-12-27(25,26)13-15/h15,24H,4-14H2,1-3H3,(H,22,23)(H2,19,20,21). The zero-order valence-electron chi connectivity index (χ0n) is 16.9. The lowest BCUT2D eigenvalue weighted by atomic mass is 9.93. The molecule has 0 spiro atoms. The largest absolute Gasteiger partial charge is 0.388 e. The third-order valence-electron chi connectivity index (χ3n) is 4.55. The Morgan fingerprint density at radius 2 is 1.85 bits per heavy atom. The highest BCUT2D eigenvalue weighted by Crippen LogP contribution is 2.19. The van der Waals surface area contributed by atoms with Crippen LogP contribution in [-0.2, 0) is 14.6 Å². The predicted octanol–water partition coefficient (Wildman–Crippen LogP) is 0.566. The number of carbonyl (C=O) groups is 1. The summed E-state index contributed by atoms with van der Waals surface area (Å²) in [7, 11) is -3.00. The van der Waals surface area contributed by atoms with E-state index in [1.807, 2.05) is 20.8 Å². The van der Waals surface area contributed by atoms with Gasteiger partial charge < -0.3 is 21.1 Å². The van der Waals surface area contributed by atoms with E-state index in [0.29, 0.717) is 44.9 Å². The van der Waals surface area contributed by atoms with Crippen LogP contribution in [0.2, 0.25) is 0 Å². The number of hydrogen-bond donors (Lipinski definition) is 4. The summed E-state index contributed by atoms with van der Waals surface area (Å²) in [6.45, 7) is 7.42. The van der Waals surface area contributed by atoms with Gasteiger partial charge >= 0.3 is 0 Å². The van der Waals surface area contributed by atoms with Crippen LogP contribution in [0.25, 0.3) is 0 Å². The first-order valence-electron chi connectivity index (χ1n) is 9.98. The summed E-state index contributed by atoms with van der Waals surface area (Å²) in [6, 6.07) is -0.275. The fourth-order valence-corrected chi connectivity index (χ4v) is 4.96. The minimum absolute atomic E-state index is 0.0315. The molecule has 1 rings (SSSR count). The zero-order chi connectivity index (χ0) is 20.3. The highest BCUT2D eigenvalue weighted by molar-refractivity contribution is 7.91. The molecule has 9 heteroatoms. The quantitative estimate of drug-likeness (QED) is 0.295. The van der Waals surface area contributed by atoms with E-state index in [1.165, 1.54) is 0 Å². The lowest BCUT2D eigenvalue weighted by Gasteiger charge is -2.26. The van der Waals surface area contributed by atoms with Crippen molar-refractivity contribution in [3.63, 3.8) is 0 Å². The molecule has 1 unspecified atom stereocenters. The van der Waals surface area contributed by atoms with Crippen molar-refractivity contribution in [1.29, 1.82) is 0 Å². The van der Waals surface area contributed by atoms with Gasteiger partial charge in [-0.2, -0.15) is 0 Å². The van der Waals surface area contributed by atoms with Crippen LogP contribution in [0.15, 0.2) is 4.99 Å². The van der Waals surface area contributed by atoms with Crippen LogP contribution in [0.5, 0.6) is 0 Å². The van der Waals surface area contributed by atoms with Gasteiger partial charge in [-0.25, -0.2) is 8.42 Å². The van der Waals surface area contributed by atoms with Crippen LogP contribution in [0, 0.1) is 0 Å². The molecule has 1 amide bonds. The fraction of sp³-hybridized carbons (Fsp3) is 0.889. The lowest BCUT2D eigenvalue weighted by Crippen LogP contribution is -2.42. The van der Waals surface area contributed by atoms with E-state index in [9.17, 15) is 18.3 Å². The zero-order valence-corrected chi connectivity index (χ0v) is 17.7. The summed E-state index contributed by atoms with van der Waals surface area (Å²) >= 11 is 0. The number of nitrogens with zero attached hydrogens (tertiary/aromatic N) is 1. The molecule has 4 N–H and O–H groups in total. The van der Waals surface area contributed by atoms with Gasteiger partial charge in [0.05, 0.1) is 23.7 Å². The third kappa shape index (κ3) is 9.41. The Morgan fingerprint density at radius 3 is 2.37 bits per heavy atom. The Hall–Kier alpha value is -1.35. The minimum Gasteiger partial charge on any atom is -0.388 e. The van der Waals surface area contributed by atoms with Gasteiger partial charge in [0.25, 0.3) is 0 Å². The maximum atomic E-state index is 12.0. The smallest absolute Gasteiger partial charge is 0.222 e. The summed E-state index contributed by atoms with van der Waals surface area (Å²) in [5, 5.41) is 19.7. The molecule has 1 atom stereocenters. The van der Waals surface area contributed by atoms with Gasteiger partial charge in [-0.15, -0.1) is 0 Å². The molecule has 0 bridgehead atoms. The second-order valence-electron chi connectivity index (χ2n) is 7.26. The van der Waals surface area contributed by atoms with Crippen LogP contribution in [0.4, 0.5) is 0 Å². The number of nitrogens with one attached hydrogen (secondary N) is 3. The van der Waals surface area contributed by atoms with Crippen LogP contribution < -0.4 is 16.0 Å². The van der Waals surface area contributed by atoms with Crippen molar-refractivity contribution < 1.29 is 18.3 Å². The van der Waals surface area contributed by atoms with Gasteiger partial charge in [0.2, 0.25) is 5.91 Å². The van der Waals surface area contributed by atoms with Gasteiger partial charge in [-0.05, 0) is 26.2 Å². The lowest BCUT2D eigenvalue weighted by molar-refractivity contribution is -0.121. The second-order valence-corrected chi connectivity index (χ2v) is 9.49. The van der Waals surface area contributed by atoms with Gasteiger partial charge in [-0.3, -0.25) is 9.79 Å². The Kier molecular flexibility index (Phi) is 10.1. The summed E-state index contributed by atoms with van der Waals surface area (Å²) in [5.41, 5.74) is -0.794. The van der Waals surface area contributed by atoms with Crippen LogP contribution in [-0.4, -0.2) is 68.2 Å². The first-order valence-corrected chi connectivity index (χ1v) is 11.8. The summed E-state index contributed by atoms with van der Waals surface area (Å²) in [5.74, 6) is 0.573. The number of hydrogen-bond acceptors (Lipinski definition) is 5. The van der Waals surface area contributed by atoms with E-state index in [2.05, 4.69) is 20.9 Å². The van der Waals surface area contributed by atoms with Crippen LogP contribution in [0.3, 0.4) is 0 Å². The van der Waals surface area contributed by atoms with Gasteiger partial charge in [-0.1, -0.05) is 26.7 Å². The number of carbonyl (C=O) groups excluding carboxylic acids is 1. The Labute approximate surface area is 163 Å². The number of aliphatic hydroxyl groups is 1. The Balaban J connectivity index is 2.46. The molecule has 0 radical (unpaired) electrons. The van der Waals surface area contributed by atoms with Crippen molar-refractivity contribution in [3.05, 3.63) is 0 Å². The summed E-state index contributed by atoms with van der Waals surface area (Å²) in [6.07, 6.45) is 3.92. The summed E-state index contributed by atoms with van der Waals surface area (Å²) < 4.78 is 22.9. The average molecular weight is 405 g/mol. The maximum Gasteiger partial charge on any atom is 0.222 e. The Morgan fingerprint density at radius 1 is 1.19 bits per heavy atom. The number of guanidine groups is 1. The van der Waals surface area contributed by atoms with E-state index in [1.54, 1.807) is 0 Å². The molecule has 0 aromatic carbocycles. The molecular weight excluding hydrogens is 368 g/mol. The van der Waals surface area contributed by atoms with Crippen molar-refractivity contribution in [3.8, 4) is 0 Å². The first kappa shape index (κ1) is 23.7. The molecule has 0 aromatic heterocycles. The highest BCUT2D eigenvalue weighted by Gasteiger charge is 2.28. The molecule has 158 valence electrons. The molecule has 1 aliphatic heterocycles. The number of aliphatic imine (C=N–C) groups is 1. The molecule has 0 aromatic rings. The van der Waals surface area contributed by atoms with Crippen molar-refractivity contribution in [2.24, 2.45) is 4.99 Å². The monoisotopic (exact) mass is 404 g/mol. The highest BCUT2D eigenvalue weighted by atomic mass is 32.2. The van der Waals surface area contributed by atoms with Crippen molar-refractivity contribution in [1.82, 2.24) is 16.0 Å². The van der Waals surface area contributed by atoms with Crippen molar-refractivity contribution in [2.75, 3.05) is 31.1 Å². The molecule has 1 fully saturated rings. The van der Waals surface area contributed by atoms with Crippen LogP contribution in [0.1, 0.15) is 59.3 Å². The fourth-order valence-electron chi connectivity index (χ4n) is 3.28. The van der Waals surface area contributed by atoms with E-state index in [-0.39, 0.29) is 29.9 Å². The molecule has 0 aliphatic carbocycles. The molecule has 1 saturated heterocycles. The van der Waals surface area contributed by atoms with Gasteiger partial charge in [0.15, 0.2) is 15.8 Å². The number of amides is 1. The van der Waals surface area contributed by atoms with Gasteiger partial charge in [0.1, 0.15) is 0 Å². The molecule has 8 nitrogen and oxygen atoms in total. The van der Waals surface area contributed by atoms with E-state index >= 15 is 0 Å². The van der Waals surface area contributed by atoms with Crippen LogP contribution >= 0.6 is 0 Å². The average Bonchev–Trinajstić information content (AvgIpc) is 2.91. The van der Waals surface area contributed by atoms with E-state index in [0.717, 1.165) is 12.8 Å². The molecule has 1 aliphatic rings. The third-order valence-corrected chi connectivity index (χ3v) is 6.32. The van der Waals surface area contributed by atoms with Crippen molar-refractivity contribution in [2.45, 2.75) is 70.9 Å². The van der Waals surface area contributed by atoms with E-state index in [4.69, 9.17) is 0 Å². The molecule has 27 heavy (non-hydrogen) atoms. The predicted molar refractivity (Wildman–Crippen MR) is 109 cm³/mol. The molecule has 0 saturated carbocycles. The van der Waals surface area contributed by atoms with E-state index < -0.39 is 15.4 Å². The first-order chi connectivity index (χ1) is 12.7. The SMILES string of the molecule is CCCC(O)(CCC)CN=C(NCC)NCCC(=O)NC1CCS(=O)(=O)C1. The van der Waals surface area contributed by atoms with Crippen molar-refractivity contribution >= 4 is 21.7 Å². The Bertz CT molecular complexity index is 586. The maximum absolute atomic E-state index is 12.0. The molecular formula is C18H36N4O4S. The molecule has 1 heterocycles. The number of sulfone groups is 1. The normalized spacial score (nSPS) is 19.7. The second kappa shape index (κ2) is 11.5. The number of rotatable bonds is 11.